The first-order valence-corrected chi connectivity index (χ1v) is 7.79. The van der Waals surface area contributed by atoms with E-state index in [1.165, 1.54) is 12.8 Å². The molecular weight excluding hydrogens is 256 g/mol. The highest BCUT2D eigenvalue weighted by Gasteiger charge is 2.38. The lowest BCUT2D eigenvalue weighted by Crippen LogP contribution is -2.40. The van der Waals surface area contributed by atoms with Gasteiger partial charge in [-0.1, -0.05) is 0 Å². The zero-order chi connectivity index (χ0) is 14.1. The lowest BCUT2D eigenvalue weighted by atomic mass is 9.89. The number of carbonyl (C=O) groups is 1. The quantitative estimate of drug-likeness (QED) is 0.828. The van der Waals surface area contributed by atoms with Crippen LogP contribution >= 0.6 is 0 Å². The van der Waals surface area contributed by atoms with Crippen LogP contribution < -0.4 is 5.32 Å². The number of piperidine rings is 1. The lowest BCUT2D eigenvalue weighted by Gasteiger charge is -2.29. The highest BCUT2D eigenvalue weighted by molar-refractivity contribution is 5.77. The molecule has 0 radical (unpaired) electrons. The minimum atomic E-state index is 0.0214. The van der Waals surface area contributed by atoms with Gasteiger partial charge in [-0.05, 0) is 31.6 Å². The molecule has 0 aromatic carbocycles. The predicted molar refractivity (Wildman–Crippen MR) is 75.5 cm³/mol. The van der Waals surface area contributed by atoms with Crippen molar-refractivity contribution in [3.8, 4) is 0 Å². The summed E-state index contributed by atoms with van der Waals surface area (Å²) in [6, 6.07) is 1.31. The maximum Gasteiger partial charge on any atom is 0.223 e. The second-order valence-corrected chi connectivity index (χ2v) is 6.53. The van der Waals surface area contributed by atoms with Crippen LogP contribution in [0.1, 0.15) is 32.1 Å². The molecule has 3 aliphatic heterocycles. The first-order valence-electron chi connectivity index (χ1n) is 7.79. The number of fused-ring (bicyclic) bond motifs is 2. The van der Waals surface area contributed by atoms with E-state index in [0.717, 1.165) is 12.8 Å². The molecule has 0 spiro atoms. The van der Waals surface area contributed by atoms with Crippen molar-refractivity contribution in [1.29, 1.82) is 0 Å². The van der Waals surface area contributed by atoms with Crippen LogP contribution in [0.5, 0.6) is 0 Å². The van der Waals surface area contributed by atoms with Crippen LogP contribution in [-0.2, 0) is 14.3 Å². The Morgan fingerprint density at radius 2 is 1.65 bits per heavy atom. The van der Waals surface area contributed by atoms with Crippen molar-refractivity contribution in [2.45, 2.75) is 56.4 Å². The molecule has 0 saturated carbocycles. The summed E-state index contributed by atoms with van der Waals surface area (Å²) in [7, 11) is 3.38. The van der Waals surface area contributed by atoms with E-state index in [1.54, 1.807) is 14.2 Å². The summed E-state index contributed by atoms with van der Waals surface area (Å²) in [4.78, 5) is 14.4. The summed E-state index contributed by atoms with van der Waals surface area (Å²) >= 11 is 0. The van der Waals surface area contributed by atoms with Gasteiger partial charge in [-0.15, -0.1) is 0 Å². The molecule has 1 N–H and O–H groups in total. The number of nitrogens with one attached hydrogen (secondary N) is 1. The molecule has 3 saturated heterocycles. The van der Waals surface area contributed by atoms with Gasteiger partial charge < -0.3 is 19.7 Å². The van der Waals surface area contributed by atoms with Crippen molar-refractivity contribution in [3.63, 3.8) is 0 Å². The monoisotopic (exact) mass is 282 g/mol. The Kier molecular flexibility index (Phi) is 4.29. The Labute approximate surface area is 121 Å². The van der Waals surface area contributed by atoms with Gasteiger partial charge in [0.1, 0.15) is 12.2 Å². The zero-order valence-corrected chi connectivity index (χ0v) is 12.5. The smallest absolute Gasteiger partial charge is 0.223 e. The second-order valence-electron chi connectivity index (χ2n) is 6.53. The number of methoxy groups -OCH3 is 2. The third-order valence-electron chi connectivity index (χ3n) is 5.21. The molecule has 1 amide bonds. The number of hydrogen-bond donors (Lipinski definition) is 1. The standard InChI is InChI=1S/C15H26N2O3/c1-19-13-8-17(9-14(13)20-2)15(18)7-10-5-11-3-4-12(6-10)16-11/h10-14,16H,3-9H2,1-2H3. The maximum atomic E-state index is 12.5. The molecule has 3 fully saturated rings. The van der Waals surface area contributed by atoms with Crippen LogP contribution in [0.2, 0.25) is 0 Å². The summed E-state index contributed by atoms with van der Waals surface area (Å²) in [5.74, 6) is 0.835. The van der Waals surface area contributed by atoms with E-state index in [2.05, 4.69) is 5.32 Å². The predicted octanol–water partition coefficient (Wildman–Crippen LogP) is 0.779. The first-order chi connectivity index (χ1) is 9.69. The normalized spacial score (nSPS) is 40.3. The number of rotatable bonds is 4. The molecule has 20 heavy (non-hydrogen) atoms. The van der Waals surface area contributed by atoms with Gasteiger partial charge in [0.15, 0.2) is 0 Å². The van der Waals surface area contributed by atoms with Crippen molar-refractivity contribution in [2.24, 2.45) is 5.92 Å². The number of hydrogen-bond acceptors (Lipinski definition) is 4. The fourth-order valence-electron chi connectivity index (χ4n) is 4.12. The van der Waals surface area contributed by atoms with Gasteiger partial charge in [-0.2, -0.15) is 0 Å². The number of amides is 1. The van der Waals surface area contributed by atoms with Gasteiger partial charge >= 0.3 is 0 Å². The van der Waals surface area contributed by atoms with Crippen LogP contribution in [0.4, 0.5) is 0 Å². The molecule has 114 valence electrons. The van der Waals surface area contributed by atoms with Crippen LogP contribution in [0, 0.1) is 5.92 Å². The van der Waals surface area contributed by atoms with E-state index in [0.29, 0.717) is 37.5 Å². The average Bonchev–Trinajstić information content (AvgIpc) is 3.02. The molecule has 0 aliphatic carbocycles. The van der Waals surface area contributed by atoms with E-state index >= 15 is 0 Å². The molecule has 3 rings (SSSR count). The Hall–Kier alpha value is -0.650. The van der Waals surface area contributed by atoms with E-state index < -0.39 is 0 Å². The highest BCUT2D eigenvalue weighted by atomic mass is 16.5. The largest absolute Gasteiger partial charge is 0.377 e. The van der Waals surface area contributed by atoms with Gasteiger partial charge in [0.05, 0.1) is 0 Å². The third kappa shape index (κ3) is 2.85. The molecule has 4 atom stereocenters. The van der Waals surface area contributed by atoms with Crippen molar-refractivity contribution in [1.82, 2.24) is 10.2 Å². The Morgan fingerprint density at radius 1 is 1.10 bits per heavy atom. The van der Waals surface area contributed by atoms with E-state index in [1.807, 2.05) is 4.90 Å². The summed E-state index contributed by atoms with van der Waals surface area (Å²) in [6.07, 6.45) is 5.64. The third-order valence-corrected chi connectivity index (χ3v) is 5.21. The van der Waals surface area contributed by atoms with Gasteiger partial charge in [-0.3, -0.25) is 4.79 Å². The lowest BCUT2D eigenvalue weighted by molar-refractivity contribution is -0.132. The van der Waals surface area contributed by atoms with Crippen molar-refractivity contribution in [2.75, 3.05) is 27.3 Å². The van der Waals surface area contributed by atoms with Crippen LogP contribution in [-0.4, -0.2) is 62.4 Å². The van der Waals surface area contributed by atoms with Gasteiger partial charge in [-0.25, -0.2) is 0 Å². The van der Waals surface area contributed by atoms with Crippen molar-refractivity contribution < 1.29 is 14.3 Å². The van der Waals surface area contributed by atoms with Crippen LogP contribution in [0.15, 0.2) is 0 Å². The topological polar surface area (TPSA) is 50.8 Å². The van der Waals surface area contributed by atoms with Gasteiger partial charge in [0.2, 0.25) is 5.91 Å². The number of likely N-dealkylation sites (tertiary alicyclic amines) is 1. The Morgan fingerprint density at radius 3 is 2.15 bits per heavy atom. The van der Waals surface area contributed by atoms with Crippen LogP contribution in [0.25, 0.3) is 0 Å². The van der Waals surface area contributed by atoms with Gasteiger partial charge in [0.25, 0.3) is 0 Å². The van der Waals surface area contributed by atoms with Gasteiger partial charge in [0, 0.05) is 45.8 Å². The highest BCUT2D eigenvalue weighted by Crippen LogP contribution is 2.33. The summed E-state index contributed by atoms with van der Waals surface area (Å²) in [5, 5.41) is 3.63. The maximum absolute atomic E-state index is 12.5. The van der Waals surface area contributed by atoms with Crippen molar-refractivity contribution >= 4 is 5.91 Å². The average molecular weight is 282 g/mol. The molecule has 3 aliphatic rings. The van der Waals surface area contributed by atoms with E-state index in [9.17, 15) is 4.79 Å². The Bertz CT molecular complexity index is 339. The van der Waals surface area contributed by atoms with Crippen LogP contribution in [0.3, 0.4) is 0 Å². The fraction of sp³-hybridized carbons (Fsp3) is 0.933. The minimum Gasteiger partial charge on any atom is -0.377 e. The van der Waals surface area contributed by atoms with E-state index in [-0.39, 0.29) is 18.1 Å². The number of carbonyl (C=O) groups excluding carboxylic acids is 1. The number of ether oxygens (including phenoxy) is 2. The zero-order valence-electron chi connectivity index (χ0n) is 12.5. The molecule has 0 aromatic rings. The Balaban J connectivity index is 1.52. The van der Waals surface area contributed by atoms with E-state index in [4.69, 9.17) is 9.47 Å². The summed E-state index contributed by atoms with van der Waals surface area (Å²) in [6.45, 7) is 1.34. The fourth-order valence-corrected chi connectivity index (χ4v) is 4.12. The molecule has 2 bridgehead atoms. The van der Waals surface area contributed by atoms with Crippen molar-refractivity contribution in [3.05, 3.63) is 0 Å². The number of nitrogens with zero attached hydrogens (tertiary/aromatic N) is 1. The summed E-state index contributed by atoms with van der Waals surface area (Å²) < 4.78 is 10.8. The molecule has 5 nitrogen and oxygen atoms in total. The molecule has 3 heterocycles. The second kappa shape index (κ2) is 6.00. The molecule has 0 aromatic heterocycles. The molecular formula is C15H26N2O3. The molecule has 5 heteroatoms. The first kappa shape index (κ1) is 14.3. The summed E-state index contributed by atoms with van der Waals surface area (Å²) in [5.41, 5.74) is 0. The SMILES string of the molecule is COC1CN(C(=O)CC2CC3CCC(C2)N3)CC1OC. The molecule has 4 unspecified atom stereocenters. The minimum absolute atomic E-state index is 0.0214.